The summed E-state index contributed by atoms with van der Waals surface area (Å²) in [5, 5.41) is 2.48. The third-order valence-corrected chi connectivity index (χ3v) is 3.66. The van der Waals surface area contributed by atoms with Crippen molar-refractivity contribution < 1.29 is 32.3 Å². The fourth-order valence-electron chi connectivity index (χ4n) is 2.29. The highest BCUT2D eigenvalue weighted by molar-refractivity contribution is 5.97. The Morgan fingerprint density at radius 1 is 1.22 bits per heavy atom. The minimum atomic E-state index is -3.01. The normalized spacial score (nSPS) is 10.6. The zero-order valence-electron chi connectivity index (χ0n) is 15.1. The van der Waals surface area contributed by atoms with Gasteiger partial charge < -0.3 is 24.1 Å². The first-order valence-electron chi connectivity index (χ1n) is 8.00. The summed E-state index contributed by atoms with van der Waals surface area (Å²) in [5.41, 5.74) is 0.144. The number of ether oxygens (including phenoxy) is 2. The first-order chi connectivity index (χ1) is 12.8. The zero-order chi connectivity index (χ0) is 20.0. The summed E-state index contributed by atoms with van der Waals surface area (Å²) < 4.78 is 39.3. The maximum atomic E-state index is 12.3. The van der Waals surface area contributed by atoms with Crippen molar-refractivity contribution in [2.75, 3.05) is 20.7 Å². The number of likely N-dealkylation sites (N-methyl/N-ethyl adjacent to an activating group) is 1. The Morgan fingerprint density at radius 2 is 1.96 bits per heavy atom. The number of nitrogens with one attached hydrogen (secondary N) is 1. The van der Waals surface area contributed by atoms with E-state index in [0.29, 0.717) is 5.76 Å². The first-order valence-corrected chi connectivity index (χ1v) is 8.00. The zero-order valence-corrected chi connectivity index (χ0v) is 15.1. The summed E-state index contributed by atoms with van der Waals surface area (Å²) in [6.07, 6.45) is 0. The van der Waals surface area contributed by atoms with Gasteiger partial charge in [-0.25, -0.2) is 0 Å². The van der Waals surface area contributed by atoms with Gasteiger partial charge >= 0.3 is 6.61 Å². The van der Waals surface area contributed by atoms with Gasteiger partial charge in [-0.15, -0.1) is 0 Å². The van der Waals surface area contributed by atoms with Gasteiger partial charge in [-0.3, -0.25) is 9.59 Å². The van der Waals surface area contributed by atoms with Gasteiger partial charge in [0.05, 0.1) is 20.2 Å². The Kier molecular flexibility index (Phi) is 6.75. The quantitative estimate of drug-likeness (QED) is 0.759. The number of nitrogens with zero attached hydrogens (tertiary/aromatic N) is 1. The van der Waals surface area contributed by atoms with Crippen LogP contribution in [-0.4, -0.2) is 44.0 Å². The highest BCUT2D eigenvalue weighted by atomic mass is 19.3. The highest BCUT2D eigenvalue weighted by Crippen LogP contribution is 2.29. The molecule has 2 amide bonds. The van der Waals surface area contributed by atoms with E-state index in [1.165, 1.54) is 30.2 Å². The molecule has 1 heterocycles. The van der Waals surface area contributed by atoms with Crippen LogP contribution in [0.25, 0.3) is 0 Å². The molecule has 0 fully saturated rings. The third-order valence-electron chi connectivity index (χ3n) is 3.66. The lowest BCUT2D eigenvalue weighted by Gasteiger charge is -2.16. The van der Waals surface area contributed by atoms with Crippen molar-refractivity contribution in [1.82, 2.24) is 10.2 Å². The van der Waals surface area contributed by atoms with Gasteiger partial charge in [0, 0.05) is 12.6 Å². The largest absolute Gasteiger partial charge is 0.493 e. The summed E-state index contributed by atoms with van der Waals surface area (Å²) >= 11 is 0. The Balaban J connectivity index is 1.93. The van der Waals surface area contributed by atoms with Crippen LogP contribution >= 0.6 is 0 Å². The van der Waals surface area contributed by atoms with E-state index < -0.39 is 12.5 Å². The molecule has 0 aliphatic rings. The molecule has 0 atom stereocenters. The maximum Gasteiger partial charge on any atom is 0.387 e. The lowest BCUT2D eigenvalue weighted by atomic mass is 10.2. The van der Waals surface area contributed by atoms with Crippen molar-refractivity contribution in [1.29, 1.82) is 0 Å². The number of amides is 2. The fraction of sp³-hybridized carbons (Fsp3) is 0.333. The number of rotatable bonds is 8. The summed E-state index contributed by atoms with van der Waals surface area (Å²) in [7, 11) is 2.86. The second kappa shape index (κ2) is 9.02. The molecule has 1 N–H and O–H groups in total. The number of carbonyl (C=O) groups excluding carboxylic acids is 2. The molecule has 0 aliphatic carbocycles. The van der Waals surface area contributed by atoms with E-state index in [4.69, 9.17) is 9.15 Å². The molecule has 27 heavy (non-hydrogen) atoms. The van der Waals surface area contributed by atoms with Gasteiger partial charge in [-0.1, -0.05) is 0 Å². The van der Waals surface area contributed by atoms with Gasteiger partial charge in [-0.05, 0) is 37.3 Å². The van der Waals surface area contributed by atoms with E-state index in [1.807, 2.05) is 0 Å². The lowest BCUT2D eigenvalue weighted by Crippen LogP contribution is -2.37. The van der Waals surface area contributed by atoms with Crippen LogP contribution in [0, 0.1) is 6.92 Å². The summed E-state index contributed by atoms with van der Waals surface area (Å²) in [5.74, 6) is 0.309. The molecule has 0 unspecified atom stereocenters. The second-order valence-electron chi connectivity index (χ2n) is 5.69. The Hall–Kier alpha value is -3.10. The van der Waals surface area contributed by atoms with Crippen LogP contribution in [0.5, 0.6) is 11.5 Å². The van der Waals surface area contributed by atoms with Gasteiger partial charge in [0.1, 0.15) is 11.5 Å². The van der Waals surface area contributed by atoms with Crippen LogP contribution in [0.2, 0.25) is 0 Å². The SMILES string of the molecule is COc1cc(C(=O)NCC(=O)N(C)Cc2ccc(C)o2)ccc1OC(F)F. The van der Waals surface area contributed by atoms with E-state index in [9.17, 15) is 18.4 Å². The maximum absolute atomic E-state index is 12.3. The monoisotopic (exact) mass is 382 g/mol. The molecule has 0 saturated heterocycles. The summed E-state index contributed by atoms with van der Waals surface area (Å²) in [6, 6.07) is 7.33. The Morgan fingerprint density at radius 3 is 2.56 bits per heavy atom. The molecule has 0 spiro atoms. The van der Waals surface area contributed by atoms with Crippen LogP contribution in [0.15, 0.2) is 34.7 Å². The number of furan rings is 1. The van der Waals surface area contributed by atoms with Crippen LogP contribution in [0.3, 0.4) is 0 Å². The van der Waals surface area contributed by atoms with Gasteiger partial charge in [0.25, 0.3) is 5.91 Å². The number of aryl methyl sites for hydroxylation is 1. The number of benzene rings is 1. The molecule has 9 heteroatoms. The van der Waals surface area contributed by atoms with Crippen LogP contribution < -0.4 is 14.8 Å². The molecular formula is C18H20F2N2O5. The average molecular weight is 382 g/mol. The molecule has 146 valence electrons. The van der Waals surface area contributed by atoms with E-state index in [0.717, 1.165) is 5.76 Å². The van der Waals surface area contributed by atoms with Crippen molar-refractivity contribution >= 4 is 11.8 Å². The van der Waals surface area contributed by atoms with Crippen LogP contribution in [-0.2, 0) is 11.3 Å². The first kappa shape index (κ1) is 20.2. The van der Waals surface area contributed by atoms with Crippen molar-refractivity contribution in [3.63, 3.8) is 0 Å². The van der Waals surface area contributed by atoms with Crippen molar-refractivity contribution in [2.24, 2.45) is 0 Å². The molecule has 0 saturated carbocycles. The molecule has 2 rings (SSSR count). The van der Waals surface area contributed by atoms with E-state index in [-0.39, 0.29) is 36.1 Å². The van der Waals surface area contributed by atoms with Crippen LogP contribution in [0.1, 0.15) is 21.9 Å². The smallest absolute Gasteiger partial charge is 0.387 e. The number of hydrogen-bond acceptors (Lipinski definition) is 5. The lowest BCUT2D eigenvalue weighted by molar-refractivity contribution is -0.129. The molecule has 7 nitrogen and oxygen atoms in total. The minimum absolute atomic E-state index is 0.0143. The van der Waals surface area contributed by atoms with E-state index >= 15 is 0 Å². The second-order valence-corrected chi connectivity index (χ2v) is 5.69. The van der Waals surface area contributed by atoms with Crippen molar-refractivity contribution in [3.05, 3.63) is 47.4 Å². The molecule has 1 aromatic carbocycles. The predicted molar refractivity (Wildman–Crippen MR) is 91.9 cm³/mol. The van der Waals surface area contributed by atoms with E-state index in [1.54, 1.807) is 26.1 Å². The summed E-state index contributed by atoms with van der Waals surface area (Å²) in [6.45, 7) is -1.16. The Bertz CT molecular complexity index is 807. The van der Waals surface area contributed by atoms with Gasteiger partial charge in [0.2, 0.25) is 5.91 Å². The number of methoxy groups -OCH3 is 1. The predicted octanol–water partition coefficient (Wildman–Crippen LogP) is 2.59. The van der Waals surface area contributed by atoms with Crippen molar-refractivity contribution in [3.8, 4) is 11.5 Å². The number of alkyl halides is 2. The molecular weight excluding hydrogens is 362 g/mol. The molecule has 0 radical (unpaired) electrons. The Labute approximate surface area is 154 Å². The number of hydrogen-bond donors (Lipinski definition) is 1. The van der Waals surface area contributed by atoms with Crippen molar-refractivity contribution in [2.45, 2.75) is 20.1 Å². The standard InChI is InChI=1S/C18H20F2N2O5/c1-11-4-6-13(26-11)10-22(2)16(23)9-21-17(24)12-5-7-14(27-18(19)20)15(8-12)25-3/h4-8,18H,9-10H2,1-3H3,(H,21,24). The fourth-order valence-corrected chi connectivity index (χ4v) is 2.29. The van der Waals surface area contributed by atoms with Gasteiger partial charge in [-0.2, -0.15) is 8.78 Å². The highest BCUT2D eigenvalue weighted by Gasteiger charge is 2.16. The van der Waals surface area contributed by atoms with Gasteiger partial charge in [0.15, 0.2) is 11.5 Å². The molecule has 0 aliphatic heterocycles. The number of halogens is 2. The molecule has 2 aromatic rings. The third kappa shape index (κ3) is 5.70. The molecule has 1 aromatic heterocycles. The topological polar surface area (TPSA) is 81.0 Å². The van der Waals surface area contributed by atoms with Crippen LogP contribution in [0.4, 0.5) is 8.78 Å². The summed E-state index contributed by atoms with van der Waals surface area (Å²) in [4.78, 5) is 25.7. The minimum Gasteiger partial charge on any atom is -0.493 e. The number of carbonyl (C=O) groups is 2. The van der Waals surface area contributed by atoms with E-state index in [2.05, 4.69) is 10.1 Å². The molecule has 0 bridgehead atoms. The average Bonchev–Trinajstić information content (AvgIpc) is 3.03.